The van der Waals surface area contributed by atoms with Gasteiger partial charge in [-0.2, -0.15) is 5.10 Å². The van der Waals surface area contributed by atoms with Crippen LogP contribution in [0.3, 0.4) is 0 Å². The third-order valence-electron chi connectivity index (χ3n) is 2.43. The molecule has 0 aromatic carbocycles. The summed E-state index contributed by atoms with van der Waals surface area (Å²) < 4.78 is 6.26. The van der Waals surface area contributed by atoms with Gasteiger partial charge in [0.25, 0.3) is 0 Å². The molecule has 1 aromatic rings. The van der Waals surface area contributed by atoms with Crippen molar-refractivity contribution >= 4 is 17.5 Å². The number of carbonyl (C=O) groups excluding carboxylic acids is 1. The number of ether oxygens (including phenoxy) is 1. The summed E-state index contributed by atoms with van der Waals surface area (Å²) in [5.74, 6) is -0.239. The van der Waals surface area contributed by atoms with Gasteiger partial charge in [0.1, 0.15) is 12.2 Å². The van der Waals surface area contributed by atoms with Crippen molar-refractivity contribution in [1.29, 1.82) is 0 Å². The summed E-state index contributed by atoms with van der Waals surface area (Å²) in [7, 11) is 0. The van der Waals surface area contributed by atoms with E-state index in [0.717, 1.165) is 0 Å². The Balaban J connectivity index is 3.02. The second-order valence-corrected chi connectivity index (χ2v) is 4.24. The van der Waals surface area contributed by atoms with E-state index >= 15 is 0 Å². The molecule has 1 heterocycles. The largest absolute Gasteiger partial charge is 0.465 e. The second-order valence-electron chi connectivity index (χ2n) is 4.24. The van der Waals surface area contributed by atoms with Crippen LogP contribution in [0.15, 0.2) is 0 Å². The van der Waals surface area contributed by atoms with E-state index in [2.05, 4.69) is 10.4 Å². The molecule has 8 nitrogen and oxygen atoms in total. The molecule has 0 fully saturated rings. The van der Waals surface area contributed by atoms with Gasteiger partial charge in [0, 0.05) is 6.04 Å². The highest BCUT2D eigenvalue weighted by Crippen LogP contribution is 2.30. The van der Waals surface area contributed by atoms with Crippen LogP contribution in [0.5, 0.6) is 0 Å². The number of nitro groups is 1. The molecule has 1 rings (SSSR count). The summed E-state index contributed by atoms with van der Waals surface area (Å²) in [6, 6.07) is -0.0582. The molecule has 19 heavy (non-hydrogen) atoms. The Kier molecular flexibility index (Phi) is 4.85. The molecule has 0 aliphatic rings. The van der Waals surface area contributed by atoms with E-state index in [-0.39, 0.29) is 30.7 Å². The fraction of sp³-hybridized carbons (Fsp3) is 0.636. The zero-order valence-electron chi connectivity index (χ0n) is 11.5. The van der Waals surface area contributed by atoms with E-state index in [0.29, 0.717) is 5.69 Å². The van der Waals surface area contributed by atoms with Crippen molar-refractivity contribution in [3.05, 3.63) is 15.8 Å². The lowest BCUT2D eigenvalue weighted by Crippen LogP contribution is -2.20. The maximum Gasteiger partial charge on any atom is 0.333 e. The van der Waals surface area contributed by atoms with Crippen molar-refractivity contribution in [2.75, 3.05) is 18.5 Å². The number of aromatic nitrogens is 2. The van der Waals surface area contributed by atoms with Gasteiger partial charge in [-0.15, -0.1) is 0 Å². The average Bonchev–Trinajstić information content (AvgIpc) is 2.64. The van der Waals surface area contributed by atoms with Gasteiger partial charge >= 0.3 is 11.7 Å². The number of hydrogen-bond donors (Lipinski definition) is 1. The summed E-state index contributed by atoms with van der Waals surface area (Å²) >= 11 is 0. The monoisotopic (exact) mass is 270 g/mol. The van der Waals surface area contributed by atoms with Gasteiger partial charge in [-0.1, -0.05) is 0 Å². The lowest BCUT2D eigenvalue weighted by molar-refractivity contribution is -0.384. The zero-order valence-corrected chi connectivity index (χ0v) is 11.5. The first-order chi connectivity index (χ1) is 8.88. The Morgan fingerprint density at radius 2 is 2.21 bits per heavy atom. The van der Waals surface area contributed by atoms with Crippen LogP contribution in [-0.4, -0.2) is 33.8 Å². The molecule has 1 aromatic heterocycles. The number of esters is 1. The van der Waals surface area contributed by atoms with E-state index in [1.165, 1.54) is 4.68 Å². The van der Waals surface area contributed by atoms with Gasteiger partial charge in [-0.05, 0) is 27.7 Å². The van der Waals surface area contributed by atoms with E-state index in [1.807, 2.05) is 13.8 Å². The van der Waals surface area contributed by atoms with Crippen LogP contribution in [-0.2, 0) is 9.53 Å². The molecule has 106 valence electrons. The van der Waals surface area contributed by atoms with Crippen LogP contribution in [0.1, 0.15) is 32.5 Å². The first kappa shape index (κ1) is 14.9. The first-order valence-corrected chi connectivity index (χ1v) is 6.01. The number of nitrogens with zero attached hydrogens (tertiary/aromatic N) is 3. The standard InChI is InChI=1S/C11H18N4O4/c1-5-19-9(16)6-12-11-10(15(17)18)8(4)13-14(11)7(2)3/h7,12H,5-6H2,1-4H3. The zero-order chi connectivity index (χ0) is 14.6. The van der Waals surface area contributed by atoms with Crippen molar-refractivity contribution in [3.63, 3.8) is 0 Å². The maximum atomic E-state index is 11.3. The van der Waals surface area contributed by atoms with Crippen molar-refractivity contribution in [1.82, 2.24) is 9.78 Å². The Morgan fingerprint density at radius 3 is 2.68 bits per heavy atom. The Bertz CT molecular complexity index is 481. The highest BCUT2D eigenvalue weighted by molar-refractivity contribution is 5.76. The number of aryl methyl sites for hydroxylation is 1. The summed E-state index contributed by atoms with van der Waals surface area (Å²) in [5, 5.41) is 17.9. The van der Waals surface area contributed by atoms with Gasteiger partial charge in [-0.3, -0.25) is 14.9 Å². The van der Waals surface area contributed by atoms with E-state index in [4.69, 9.17) is 4.74 Å². The number of rotatable bonds is 6. The molecule has 1 N–H and O–H groups in total. The Labute approximate surface area is 110 Å². The fourth-order valence-corrected chi connectivity index (χ4v) is 1.66. The van der Waals surface area contributed by atoms with E-state index in [9.17, 15) is 14.9 Å². The second kappa shape index (κ2) is 6.17. The van der Waals surface area contributed by atoms with Gasteiger partial charge in [0.15, 0.2) is 0 Å². The summed E-state index contributed by atoms with van der Waals surface area (Å²) in [6.07, 6.45) is 0. The quantitative estimate of drug-likeness (QED) is 0.479. The van der Waals surface area contributed by atoms with Crippen molar-refractivity contribution in [3.8, 4) is 0 Å². The SMILES string of the molecule is CCOC(=O)CNc1c([N+](=O)[O-])c(C)nn1C(C)C. The number of anilines is 1. The molecule has 0 aliphatic carbocycles. The number of hydrogen-bond acceptors (Lipinski definition) is 6. The minimum Gasteiger partial charge on any atom is -0.465 e. The number of nitrogens with one attached hydrogen (secondary N) is 1. The predicted octanol–water partition coefficient (Wildman–Crippen LogP) is 1.66. The van der Waals surface area contributed by atoms with Gasteiger partial charge < -0.3 is 10.1 Å². The third-order valence-corrected chi connectivity index (χ3v) is 2.43. The van der Waals surface area contributed by atoms with Crippen molar-refractivity contribution < 1.29 is 14.5 Å². The molecule has 0 aliphatic heterocycles. The maximum absolute atomic E-state index is 11.3. The molecule has 0 saturated heterocycles. The molecule has 0 amide bonds. The highest BCUT2D eigenvalue weighted by atomic mass is 16.6. The van der Waals surface area contributed by atoms with E-state index < -0.39 is 10.9 Å². The molecule has 0 radical (unpaired) electrons. The molecule has 8 heteroatoms. The van der Waals surface area contributed by atoms with Crippen LogP contribution in [0.25, 0.3) is 0 Å². The molecule has 0 saturated carbocycles. The van der Waals surface area contributed by atoms with Crippen LogP contribution in [0, 0.1) is 17.0 Å². The molecule has 0 unspecified atom stereocenters. The lowest BCUT2D eigenvalue weighted by atomic mass is 10.3. The molecule has 0 spiro atoms. The third kappa shape index (κ3) is 3.43. The summed E-state index contributed by atoms with van der Waals surface area (Å²) in [4.78, 5) is 21.8. The predicted molar refractivity (Wildman–Crippen MR) is 69.1 cm³/mol. The fourth-order valence-electron chi connectivity index (χ4n) is 1.66. The highest BCUT2D eigenvalue weighted by Gasteiger charge is 2.26. The van der Waals surface area contributed by atoms with Crippen LogP contribution < -0.4 is 5.32 Å². The molecular weight excluding hydrogens is 252 g/mol. The van der Waals surface area contributed by atoms with Gasteiger partial charge in [0.2, 0.25) is 5.82 Å². The molecule has 0 bridgehead atoms. The van der Waals surface area contributed by atoms with Gasteiger partial charge in [0.05, 0.1) is 11.5 Å². The Hall–Kier alpha value is -2.12. The minimum atomic E-state index is -0.505. The van der Waals surface area contributed by atoms with E-state index in [1.54, 1.807) is 13.8 Å². The van der Waals surface area contributed by atoms with Crippen LogP contribution in [0.2, 0.25) is 0 Å². The normalized spacial score (nSPS) is 10.6. The summed E-state index contributed by atoms with van der Waals surface area (Å²) in [5.41, 5.74) is 0.197. The van der Waals surface area contributed by atoms with Crippen LogP contribution >= 0.6 is 0 Å². The Morgan fingerprint density at radius 1 is 1.58 bits per heavy atom. The van der Waals surface area contributed by atoms with Crippen molar-refractivity contribution in [2.45, 2.75) is 33.7 Å². The topological polar surface area (TPSA) is 99.3 Å². The molecule has 0 atom stereocenters. The smallest absolute Gasteiger partial charge is 0.333 e. The van der Waals surface area contributed by atoms with Crippen molar-refractivity contribution in [2.24, 2.45) is 0 Å². The first-order valence-electron chi connectivity index (χ1n) is 6.01. The molecular formula is C11H18N4O4. The number of carbonyl (C=O) groups is 1. The summed E-state index contributed by atoms with van der Waals surface area (Å²) in [6.45, 7) is 7.10. The van der Waals surface area contributed by atoms with Crippen LogP contribution in [0.4, 0.5) is 11.5 Å². The van der Waals surface area contributed by atoms with Gasteiger partial charge in [-0.25, -0.2) is 4.68 Å². The minimum absolute atomic E-state index is 0.0582. The average molecular weight is 270 g/mol. The lowest BCUT2D eigenvalue weighted by Gasteiger charge is -2.11.